The normalized spacial score (nSPS) is 12.8. The second-order valence-corrected chi connectivity index (χ2v) is 3.73. The number of carboxylic acid groups (broad SMARTS) is 1. The molecular formula is C10H15N3O3. The lowest BCUT2D eigenvalue weighted by atomic mass is 10.1. The Kier molecular flexibility index (Phi) is 3.78. The minimum Gasteiger partial charge on any atom is -0.477 e. The number of hydrogen-bond acceptors (Lipinski definition) is 5. The van der Waals surface area contributed by atoms with Crippen LogP contribution in [0, 0.1) is 5.92 Å². The summed E-state index contributed by atoms with van der Waals surface area (Å²) in [5.41, 5.74) is 5.43. The molecule has 3 N–H and O–H groups in total. The smallest absolute Gasteiger partial charge is 0.341 e. The molecule has 0 aliphatic rings. The number of carbonyl (C=O) groups is 1. The van der Waals surface area contributed by atoms with Crippen LogP contribution in [0.3, 0.4) is 0 Å². The highest BCUT2D eigenvalue weighted by atomic mass is 16.5. The van der Waals surface area contributed by atoms with Crippen LogP contribution >= 0.6 is 0 Å². The molecule has 0 saturated carbocycles. The zero-order valence-electron chi connectivity index (χ0n) is 9.47. The van der Waals surface area contributed by atoms with Gasteiger partial charge in [-0.15, -0.1) is 0 Å². The van der Waals surface area contributed by atoms with E-state index >= 15 is 0 Å². The molecular weight excluding hydrogens is 210 g/mol. The molecule has 1 atom stereocenters. The van der Waals surface area contributed by atoms with Crippen molar-refractivity contribution in [3.63, 3.8) is 0 Å². The molecule has 0 radical (unpaired) electrons. The topological polar surface area (TPSA) is 98.3 Å². The largest absolute Gasteiger partial charge is 0.477 e. The molecule has 1 rings (SSSR count). The van der Waals surface area contributed by atoms with Gasteiger partial charge in [0.05, 0.1) is 0 Å². The van der Waals surface area contributed by atoms with Crippen molar-refractivity contribution in [3.05, 3.63) is 17.6 Å². The highest BCUT2D eigenvalue weighted by Gasteiger charge is 2.20. The Labute approximate surface area is 93.5 Å². The van der Waals surface area contributed by atoms with Crippen molar-refractivity contribution in [2.45, 2.75) is 20.0 Å². The third-order valence-corrected chi connectivity index (χ3v) is 2.18. The minimum atomic E-state index is -1.14. The molecule has 1 aromatic rings. The number of nitrogens with two attached hydrogens (primary N) is 1. The lowest BCUT2D eigenvalue weighted by Crippen LogP contribution is -2.15. The predicted octanol–water partition coefficient (Wildman–Crippen LogP) is 1.10. The van der Waals surface area contributed by atoms with E-state index in [4.69, 9.17) is 15.6 Å². The van der Waals surface area contributed by atoms with Crippen LogP contribution in [0.4, 0.5) is 5.82 Å². The molecule has 0 saturated heterocycles. The number of nitrogen functional groups attached to an aromatic ring is 1. The summed E-state index contributed by atoms with van der Waals surface area (Å²) >= 11 is 0. The van der Waals surface area contributed by atoms with Crippen molar-refractivity contribution in [2.75, 3.05) is 12.8 Å². The Morgan fingerprint density at radius 1 is 1.56 bits per heavy atom. The van der Waals surface area contributed by atoms with Crippen molar-refractivity contribution in [1.29, 1.82) is 0 Å². The monoisotopic (exact) mass is 225 g/mol. The SMILES string of the molecule is COC(c1ncc(C(=O)O)c(N)n1)C(C)C. The Balaban J connectivity index is 3.09. The van der Waals surface area contributed by atoms with Crippen molar-refractivity contribution in [1.82, 2.24) is 9.97 Å². The second-order valence-electron chi connectivity index (χ2n) is 3.73. The maximum Gasteiger partial charge on any atom is 0.341 e. The van der Waals surface area contributed by atoms with Crippen LogP contribution in [0.15, 0.2) is 6.20 Å². The maximum atomic E-state index is 10.7. The Bertz CT molecular complexity index is 393. The van der Waals surface area contributed by atoms with Crippen LogP contribution < -0.4 is 5.73 Å². The van der Waals surface area contributed by atoms with Gasteiger partial charge in [-0.25, -0.2) is 14.8 Å². The lowest BCUT2D eigenvalue weighted by Gasteiger charge is -2.17. The fourth-order valence-corrected chi connectivity index (χ4v) is 1.39. The molecule has 0 aromatic carbocycles. The third kappa shape index (κ3) is 2.46. The van der Waals surface area contributed by atoms with Crippen LogP contribution in [-0.2, 0) is 4.74 Å². The molecule has 0 bridgehead atoms. The third-order valence-electron chi connectivity index (χ3n) is 2.18. The first kappa shape index (κ1) is 12.4. The first-order valence-electron chi connectivity index (χ1n) is 4.85. The molecule has 0 fully saturated rings. The van der Waals surface area contributed by atoms with Gasteiger partial charge in [0.15, 0.2) is 5.82 Å². The number of nitrogens with zero attached hydrogens (tertiary/aromatic N) is 2. The van der Waals surface area contributed by atoms with Gasteiger partial charge in [0.2, 0.25) is 0 Å². The Hall–Kier alpha value is -1.69. The maximum absolute atomic E-state index is 10.7. The van der Waals surface area contributed by atoms with Gasteiger partial charge in [-0.1, -0.05) is 13.8 Å². The summed E-state index contributed by atoms with van der Waals surface area (Å²) in [6.45, 7) is 3.91. The van der Waals surface area contributed by atoms with E-state index in [0.717, 1.165) is 0 Å². The summed E-state index contributed by atoms with van der Waals surface area (Å²) in [6, 6.07) is 0. The highest BCUT2D eigenvalue weighted by Crippen LogP contribution is 2.22. The molecule has 6 nitrogen and oxygen atoms in total. The minimum absolute atomic E-state index is 0.0415. The van der Waals surface area contributed by atoms with Crippen LogP contribution in [0.25, 0.3) is 0 Å². The average Bonchev–Trinajstić information content (AvgIpc) is 2.17. The molecule has 6 heteroatoms. The molecule has 0 aliphatic carbocycles. The van der Waals surface area contributed by atoms with Gasteiger partial charge in [-0.05, 0) is 5.92 Å². The first-order valence-corrected chi connectivity index (χ1v) is 4.85. The number of methoxy groups -OCH3 is 1. The lowest BCUT2D eigenvalue weighted by molar-refractivity contribution is 0.0573. The van der Waals surface area contributed by atoms with Gasteiger partial charge in [0.1, 0.15) is 17.5 Å². The number of carboxylic acids is 1. The molecule has 88 valence electrons. The molecule has 0 amide bonds. The van der Waals surface area contributed by atoms with E-state index in [1.54, 1.807) is 7.11 Å². The van der Waals surface area contributed by atoms with Gasteiger partial charge in [-0.3, -0.25) is 0 Å². The van der Waals surface area contributed by atoms with E-state index in [-0.39, 0.29) is 23.4 Å². The molecule has 1 aromatic heterocycles. The fourth-order valence-electron chi connectivity index (χ4n) is 1.39. The van der Waals surface area contributed by atoms with Crippen LogP contribution in [0.2, 0.25) is 0 Å². The van der Waals surface area contributed by atoms with E-state index in [1.807, 2.05) is 13.8 Å². The van der Waals surface area contributed by atoms with Crippen LogP contribution in [-0.4, -0.2) is 28.2 Å². The Morgan fingerprint density at radius 2 is 2.19 bits per heavy atom. The number of hydrogen-bond donors (Lipinski definition) is 2. The molecule has 1 unspecified atom stereocenters. The van der Waals surface area contributed by atoms with Crippen molar-refractivity contribution >= 4 is 11.8 Å². The van der Waals surface area contributed by atoms with E-state index in [2.05, 4.69) is 9.97 Å². The molecule has 0 aliphatic heterocycles. The molecule has 1 heterocycles. The first-order chi connectivity index (χ1) is 7.47. The highest BCUT2D eigenvalue weighted by molar-refractivity contribution is 5.92. The number of rotatable bonds is 4. The van der Waals surface area contributed by atoms with Gasteiger partial charge in [0, 0.05) is 13.3 Å². The standard InChI is InChI=1S/C10H15N3O3/c1-5(2)7(16-3)9-12-4-6(10(14)15)8(11)13-9/h4-5,7H,1-3H3,(H,14,15)(H2,11,12,13). The fraction of sp³-hybridized carbons (Fsp3) is 0.500. The second kappa shape index (κ2) is 4.89. The van der Waals surface area contributed by atoms with Gasteiger partial charge in [0.25, 0.3) is 0 Å². The number of aromatic carboxylic acids is 1. The number of ether oxygens (including phenoxy) is 1. The van der Waals surface area contributed by atoms with E-state index in [9.17, 15) is 4.79 Å². The average molecular weight is 225 g/mol. The van der Waals surface area contributed by atoms with Gasteiger partial charge < -0.3 is 15.6 Å². The summed E-state index contributed by atoms with van der Waals surface area (Å²) in [5, 5.41) is 8.77. The van der Waals surface area contributed by atoms with Crippen molar-refractivity contribution in [3.8, 4) is 0 Å². The number of anilines is 1. The summed E-state index contributed by atoms with van der Waals surface area (Å²) < 4.78 is 5.23. The van der Waals surface area contributed by atoms with Crippen molar-refractivity contribution < 1.29 is 14.6 Å². The summed E-state index contributed by atoms with van der Waals surface area (Å²) in [6.07, 6.45) is 0.916. The van der Waals surface area contributed by atoms with E-state index in [0.29, 0.717) is 5.82 Å². The van der Waals surface area contributed by atoms with E-state index < -0.39 is 5.97 Å². The quantitative estimate of drug-likeness (QED) is 0.796. The van der Waals surface area contributed by atoms with E-state index in [1.165, 1.54) is 6.20 Å². The van der Waals surface area contributed by atoms with Crippen LogP contribution in [0.1, 0.15) is 36.1 Å². The summed E-state index contributed by atoms with van der Waals surface area (Å²) in [4.78, 5) is 18.6. The summed E-state index contributed by atoms with van der Waals surface area (Å²) in [7, 11) is 1.55. The zero-order chi connectivity index (χ0) is 12.3. The molecule has 16 heavy (non-hydrogen) atoms. The van der Waals surface area contributed by atoms with Crippen LogP contribution in [0.5, 0.6) is 0 Å². The van der Waals surface area contributed by atoms with Gasteiger partial charge in [-0.2, -0.15) is 0 Å². The van der Waals surface area contributed by atoms with Crippen molar-refractivity contribution in [2.24, 2.45) is 5.92 Å². The molecule has 0 spiro atoms. The van der Waals surface area contributed by atoms with Gasteiger partial charge >= 0.3 is 5.97 Å². The zero-order valence-corrected chi connectivity index (χ0v) is 9.47. The predicted molar refractivity (Wildman–Crippen MR) is 58.0 cm³/mol. The number of aromatic nitrogens is 2. The Morgan fingerprint density at radius 3 is 2.56 bits per heavy atom. The summed E-state index contributed by atoms with van der Waals surface area (Å²) in [5.74, 6) is -0.595.